The van der Waals surface area contributed by atoms with Crippen LogP contribution in [-0.4, -0.2) is 55.0 Å². The second kappa shape index (κ2) is 8.00. The van der Waals surface area contributed by atoms with Crippen LogP contribution in [0.25, 0.3) is 0 Å². The summed E-state index contributed by atoms with van der Waals surface area (Å²) in [6.07, 6.45) is 0.985. The van der Waals surface area contributed by atoms with Crippen LogP contribution in [0.3, 0.4) is 0 Å². The molecule has 0 spiro atoms. The van der Waals surface area contributed by atoms with Crippen LogP contribution in [-0.2, 0) is 11.3 Å². The Hall–Kier alpha value is -1.59. The van der Waals surface area contributed by atoms with Gasteiger partial charge in [-0.25, -0.2) is 0 Å². The van der Waals surface area contributed by atoms with E-state index in [0.717, 1.165) is 50.5 Å². The highest BCUT2D eigenvalue weighted by Crippen LogP contribution is 2.17. The second-order valence-corrected chi connectivity index (χ2v) is 5.36. The Labute approximate surface area is 126 Å². The first-order valence-electron chi connectivity index (χ1n) is 7.59. The average molecular weight is 291 g/mol. The maximum atomic E-state index is 11.3. The maximum Gasteiger partial charge on any atom is 0.219 e. The number of ether oxygens (including phenoxy) is 1. The van der Waals surface area contributed by atoms with Crippen molar-refractivity contribution in [1.29, 1.82) is 0 Å². The fraction of sp³-hybridized carbons (Fsp3) is 0.562. The number of nitrogens with zero attached hydrogens (tertiary/aromatic N) is 2. The zero-order chi connectivity index (χ0) is 15.1. The minimum absolute atomic E-state index is 0.177. The maximum absolute atomic E-state index is 11.3. The predicted molar refractivity (Wildman–Crippen MR) is 83.1 cm³/mol. The highest BCUT2D eigenvalue weighted by atomic mass is 16.5. The number of carbonyl (C=O) groups excluding carboxylic acids is 1. The summed E-state index contributed by atoms with van der Waals surface area (Å²) in [5.41, 5.74) is 6.74. The van der Waals surface area contributed by atoms with Gasteiger partial charge in [-0.3, -0.25) is 9.69 Å². The molecule has 1 fully saturated rings. The molecule has 0 unspecified atom stereocenters. The first kappa shape index (κ1) is 15.8. The highest BCUT2D eigenvalue weighted by molar-refractivity contribution is 5.73. The number of benzene rings is 1. The van der Waals surface area contributed by atoms with E-state index in [2.05, 4.69) is 4.90 Å². The molecule has 5 nitrogen and oxygen atoms in total. The molecule has 0 aliphatic carbocycles. The van der Waals surface area contributed by atoms with Crippen molar-refractivity contribution in [2.45, 2.75) is 19.9 Å². The van der Waals surface area contributed by atoms with Crippen LogP contribution in [0, 0.1) is 0 Å². The Kier molecular flexibility index (Phi) is 6.02. The van der Waals surface area contributed by atoms with Crippen molar-refractivity contribution in [3.8, 4) is 5.75 Å². The number of piperazine rings is 1. The topological polar surface area (TPSA) is 58.8 Å². The van der Waals surface area contributed by atoms with Crippen LogP contribution < -0.4 is 10.5 Å². The number of carbonyl (C=O) groups is 1. The van der Waals surface area contributed by atoms with E-state index in [1.807, 2.05) is 29.2 Å². The van der Waals surface area contributed by atoms with Gasteiger partial charge in [-0.05, 0) is 12.5 Å². The largest absolute Gasteiger partial charge is 0.493 e. The Morgan fingerprint density at radius 2 is 1.95 bits per heavy atom. The lowest BCUT2D eigenvalue weighted by Crippen LogP contribution is -2.48. The van der Waals surface area contributed by atoms with Crippen molar-refractivity contribution in [3.05, 3.63) is 29.8 Å². The molecule has 0 saturated carbocycles. The van der Waals surface area contributed by atoms with Gasteiger partial charge < -0.3 is 15.4 Å². The molecule has 1 aliphatic heterocycles. The van der Waals surface area contributed by atoms with E-state index in [1.165, 1.54) is 0 Å². The summed E-state index contributed by atoms with van der Waals surface area (Å²) in [6, 6.07) is 7.91. The van der Waals surface area contributed by atoms with Gasteiger partial charge in [0.05, 0.1) is 6.61 Å². The van der Waals surface area contributed by atoms with E-state index in [4.69, 9.17) is 10.5 Å². The Balaban J connectivity index is 1.65. The molecule has 2 rings (SSSR count). The van der Waals surface area contributed by atoms with Crippen molar-refractivity contribution in [1.82, 2.24) is 9.80 Å². The van der Waals surface area contributed by atoms with Crippen molar-refractivity contribution < 1.29 is 9.53 Å². The van der Waals surface area contributed by atoms with Crippen LogP contribution in [0.2, 0.25) is 0 Å². The highest BCUT2D eigenvalue weighted by Gasteiger charge is 2.17. The molecule has 2 N–H and O–H groups in total. The van der Waals surface area contributed by atoms with Crippen molar-refractivity contribution in [2.24, 2.45) is 5.73 Å². The number of nitrogens with two attached hydrogens (primary N) is 1. The summed E-state index contributed by atoms with van der Waals surface area (Å²) in [5, 5.41) is 0. The van der Waals surface area contributed by atoms with Gasteiger partial charge in [-0.2, -0.15) is 0 Å². The van der Waals surface area contributed by atoms with Crippen molar-refractivity contribution in [3.63, 3.8) is 0 Å². The second-order valence-electron chi connectivity index (χ2n) is 5.36. The lowest BCUT2D eigenvalue weighted by molar-refractivity contribution is -0.130. The molecule has 1 aromatic rings. The van der Waals surface area contributed by atoms with Gasteiger partial charge >= 0.3 is 0 Å². The van der Waals surface area contributed by atoms with Crippen LogP contribution in [0.1, 0.15) is 18.9 Å². The number of hydrogen-bond donors (Lipinski definition) is 1. The molecule has 0 atom stereocenters. The molecule has 1 amide bonds. The zero-order valence-corrected chi connectivity index (χ0v) is 12.8. The molecular weight excluding hydrogens is 266 g/mol. The molecular formula is C16H25N3O2. The van der Waals surface area contributed by atoms with Crippen LogP contribution in [0.15, 0.2) is 24.3 Å². The van der Waals surface area contributed by atoms with Gasteiger partial charge in [0.2, 0.25) is 5.91 Å². The van der Waals surface area contributed by atoms with Gasteiger partial charge in [0.1, 0.15) is 5.75 Å². The number of amides is 1. The van der Waals surface area contributed by atoms with Crippen molar-refractivity contribution >= 4 is 5.91 Å². The van der Waals surface area contributed by atoms with E-state index in [-0.39, 0.29) is 5.91 Å². The molecule has 21 heavy (non-hydrogen) atoms. The molecule has 0 bridgehead atoms. The van der Waals surface area contributed by atoms with E-state index >= 15 is 0 Å². The van der Waals surface area contributed by atoms with Gasteiger partial charge in [-0.1, -0.05) is 18.2 Å². The zero-order valence-electron chi connectivity index (χ0n) is 12.8. The predicted octanol–water partition coefficient (Wildman–Crippen LogP) is 1.08. The molecule has 116 valence electrons. The molecule has 5 heteroatoms. The van der Waals surface area contributed by atoms with E-state index < -0.39 is 0 Å². The van der Waals surface area contributed by atoms with Crippen molar-refractivity contribution in [2.75, 3.05) is 39.3 Å². The monoisotopic (exact) mass is 291 g/mol. The summed E-state index contributed by atoms with van der Waals surface area (Å²) in [5.74, 6) is 1.07. The number of hydrogen-bond acceptors (Lipinski definition) is 4. The lowest BCUT2D eigenvalue weighted by Gasteiger charge is -2.34. The third-order valence-corrected chi connectivity index (χ3v) is 3.89. The van der Waals surface area contributed by atoms with Crippen LogP contribution in [0.5, 0.6) is 5.75 Å². The third kappa shape index (κ3) is 4.72. The van der Waals surface area contributed by atoms with E-state index in [9.17, 15) is 4.79 Å². The number of para-hydroxylation sites is 1. The van der Waals surface area contributed by atoms with E-state index in [0.29, 0.717) is 13.2 Å². The molecule has 1 heterocycles. The van der Waals surface area contributed by atoms with Crippen LogP contribution in [0.4, 0.5) is 0 Å². The fourth-order valence-corrected chi connectivity index (χ4v) is 2.57. The SMILES string of the molecule is CC(=O)N1CCN(CCCOc2ccccc2CN)CC1. The standard InChI is InChI=1S/C16H25N3O2/c1-14(20)19-10-8-18(9-11-19)7-4-12-21-16-6-3-2-5-15(16)13-17/h2-3,5-6H,4,7-13,17H2,1H3. The first-order chi connectivity index (χ1) is 10.2. The van der Waals surface area contributed by atoms with Gasteiger partial charge in [0.25, 0.3) is 0 Å². The molecule has 0 radical (unpaired) electrons. The van der Waals surface area contributed by atoms with Crippen LogP contribution >= 0.6 is 0 Å². The minimum Gasteiger partial charge on any atom is -0.493 e. The summed E-state index contributed by atoms with van der Waals surface area (Å²) in [6.45, 7) is 7.44. The minimum atomic E-state index is 0.177. The Morgan fingerprint density at radius 3 is 2.62 bits per heavy atom. The summed E-state index contributed by atoms with van der Waals surface area (Å²) >= 11 is 0. The van der Waals surface area contributed by atoms with Gasteiger partial charge in [0.15, 0.2) is 0 Å². The molecule has 1 saturated heterocycles. The Bertz CT molecular complexity index is 457. The Morgan fingerprint density at radius 1 is 1.24 bits per heavy atom. The number of rotatable bonds is 6. The van der Waals surface area contributed by atoms with Gasteiger partial charge in [-0.15, -0.1) is 0 Å². The fourth-order valence-electron chi connectivity index (χ4n) is 2.57. The first-order valence-corrected chi connectivity index (χ1v) is 7.59. The lowest BCUT2D eigenvalue weighted by atomic mass is 10.2. The van der Waals surface area contributed by atoms with Gasteiger partial charge in [0, 0.05) is 51.8 Å². The third-order valence-electron chi connectivity index (χ3n) is 3.89. The normalized spacial score (nSPS) is 16.0. The van der Waals surface area contributed by atoms with E-state index in [1.54, 1.807) is 6.92 Å². The quantitative estimate of drug-likeness (QED) is 0.797. The summed E-state index contributed by atoms with van der Waals surface area (Å²) in [7, 11) is 0. The average Bonchev–Trinajstić information content (AvgIpc) is 2.52. The molecule has 1 aliphatic rings. The summed E-state index contributed by atoms with van der Waals surface area (Å²) < 4.78 is 5.81. The smallest absolute Gasteiger partial charge is 0.219 e. The molecule has 1 aromatic carbocycles. The summed E-state index contributed by atoms with van der Waals surface area (Å²) in [4.78, 5) is 15.6. The molecule has 0 aromatic heterocycles.